The average molecular weight is 571 g/mol. The molecule has 1 aliphatic carbocycles. The van der Waals surface area contributed by atoms with Crippen LogP contribution in [0.4, 0.5) is 4.39 Å². The van der Waals surface area contributed by atoms with Crippen LogP contribution in [0.1, 0.15) is 75.6 Å². The van der Waals surface area contributed by atoms with Gasteiger partial charge in [-0.25, -0.2) is 9.07 Å². The maximum atomic E-state index is 16.0. The third-order valence-corrected chi connectivity index (χ3v) is 5.48. The van der Waals surface area contributed by atoms with Crippen LogP contribution in [0.2, 0.25) is 0 Å². The van der Waals surface area contributed by atoms with Gasteiger partial charge in [-0.3, -0.25) is 14.4 Å². The van der Waals surface area contributed by atoms with Crippen LogP contribution in [0.3, 0.4) is 0 Å². The summed E-state index contributed by atoms with van der Waals surface area (Å²) in [7, 11) is 6.72. The monoisotopic (exact) mass is 571 g/mol. The minimum atomic E-state index is -2.12. The molecular weight excluding hydrogens is 536 g/mol. The van der Waals surface area contributed by atoms with Crippen LogP contribution in [0.15, 0.2) is 0 Å². The number of amides is 2. The predicted octanol–water partition coefficient (Wildman–Crippen LogP) is -0.922. The molecular formula is C20H34FIN5O3S-. The Morgan fingerprint density at radius 2 is 1.74 bits per heavy atom. The number of nitrogens with zero attached hydrogens (tertiary/aromatic N) is 3. The van der Waals surface area contributed by atoms with E-state index < -0.39 is 32.5 Å². The quantitative estimate of drug-likeness (QED) is 0.192. The van der Waals surface area contributed by atoms with E-state index in [1.54, 1.807) is 18.8 Å². The summed E-state index contributed by atoms with van der Waals surface area (Å²) in [5, 5.41) is 13.3. The zero-order valence-corrected chi connectivity index (χ0v) is 21.3. The van der Waals surface area contributed by atoms with Crippen LogP contribution in [0, 0.1) is 0 Å². The van der Waals surface area contributed by atoms with Gasteiger partial charge < -0.3 is 10.6 Å². The van der Waals surface area contributed by atoms with Gasteiger partial charge in [0, 0.05) is 39.9 Å². The third kappa shape index (κ3) is 8.32. The molecule has 1 heterocycles. The van der Waals surface area contributed by atoms with Crippen LogP contribution in [0.5, 0.6) is 0 Å². The molecule has 0 fully saturated rings. The van der Waals surface area contributed by atoms with E-state index in [9.17, 15) is 14.4 Å². The SMILES string of the molecule is CNC(=O)CCCCC(=O)C1(F)CCCCCc2c1nnn2CCCC(=O)NC.[2H][I-]S. The van der Waals surface area contributed by atoms with Crippen molar-refractivity contribution in [1.82, 2.24) is 25.6 Å². The summed E-state index contributed by atoms with van der Waals surface area (Å²) >= 11 is -0.466. The number of hydrogen-bond donors (Lipinski definition) is 3. The molecule has 2 amide bonds. The van der Waals surface area contributed by atoms with E-state index in [-0.39, 0.29) is 30.3 Å². The second-order valence-electron chi connectivity index (χ2n) is 7.55. The number of aromatic nitrogens is 3. The van der Waals surface area contributed by atoms with E-state index in [0.717, 1.165) is 12.8 Å². The fourth-order valence-corrected chi connectivity index (χ4v) is 3.70. The number of Topliss-reactive ketones (excluding diaryl/α,β-unsaturated/α-hetero) is 1. The summed E-state index contributed by atoms with van der Waals surface area (Å²) in [6, 6.07) is 0. The first kappa shape index (κ1) is 26.0. The molecule has 0 bridgehead atoms. The topological polar surface area (TPSA) is 106 Å². The Hall–Kier alpha value is -1.24. The summed E-state index contributed by atoms with van der Waals surface area (Å²) in [4.78, 5) is 35.5. The van der Waals surface area contributed by atoms with Crippen molar-refractivity contribution in [2.75, 3.05) is 14.1 Å². The van der Waals surface area contributed by atoms with Crippen molar-refractivity contribution in [3.63, 3.8) is 0 Å². The number of alkyl halides is 1. The predicted molar refractivity (Wildman–Crippen MR) is 116 cm³/mol. The van der Waals surface area contributed by atoms with Gasteiger partial charge in [-0.2, -0.15) is 0 Å². The van der Waals surface area contributed by atoms with E-state index in [1.165, 1.54) is 0 Å². The van der Waals surface area contributed by atoms with Crippen molar-refractivity contribution >= 4 is 27.4 Å². The minimum absolute atomic E-state index is 0.0558. The first-order chi connectivity index (χ1) is 15.3. The number of halogens is 2. The Labute approximate surface area is 201 Å². The molecule has 31 heavy (non-hydrogen) atoms. The number of fused-ring (bicyclic) bond motifs is 1. The first-order valence-corrected chi connectivity index (χ1v) is 13.9. The van der Waals surface area contributed by atoms with Crippen molar-refractivity contribution in [3.8, 4) is 0 Å². The van der Waals surface area contributed by atoms with Crippen LogP contribution < -0.4 is 31.6 Å². The summed E-state index contributed by atoms with van der Waals surface area (Å²) in [6.07, 6.45) is 5.45. The van der Waals surface area contributed by atoms with E-state index in [2.05, 4.69) is 30.7 Å². The number of nitrogens with one attached hydrogen (secondary N) is 2. The Morgan fingerprint density at radius 1 is 1.13 bits per heavy atom. The van der Waals surface area contributed by atoms with Crippen LogP contribution in [-0.4, -0.2) is 47.3 Å². The first-order valence-electron chi connectivity index (χ1n) is 11.0. The van der Waals surface area contributed by atoms with E-state index in [0.29, 0.717) is 57.2 Å². The third-order valence-electron chi connectivity index (χ3n) is 5.48. The fraction of sp³-hybridized carbons (Fsp3) is 0.750. The van der Waals surface area contributed by atoms with Crippen molar-refractivity contribution in [1.29, 1.82) is 0.594 Å². The van der Waals surface area contributed by atoms with Crippen LogP contribution in [-0.2, 0) is 33.0 Å². The molecule has 178 valence electrons. The van der Waals surface area contributed by atoms with Gasteiger partial charge >= 0.3 is 31.4 Å². The standard InChI is InChI=1S/C20H32FN5O3.H2IS/c1-22-17(28)11-6-5-10-16(27)20(21)13-7-3-4-9-15-19(20)24-25-26(15)14-8-12-18(29)23-2;1-2/h3-14H2,1-2H3,(H,22,28)(H,23,29);1-2H/q;-1/i;1D. The number of rotatable bonds is 10. The number of ketones is 1. The molecule has 0 aliphatic heterocycles. The Morgan fingerprint density at radius 3 is 2.39 bits per heavy atom. The van der Waals surface area contributed by atoms with Crippen molar-refractivity contribution in [2.45, 2.75) is 82.8 Å². The summed E-state index contributed by atoms with van der Waals surface area (Å²) < 4.78 is 23.8. The van der Waals surface area contributed by atoms with Crippen LogP contribution >= 0.6 is 9.80 Å². The number of carbonyl (C=O) groups is 3. The number of hydrogen-bond acceptors (Lipinski definition) is 6. The molecule has 2 N–H and O–H groups in total. The average Bonchev–Trinajstić information content (AvgIpc) is 3.17. The molecule has 0 radical (unpaired) electrons. The molecule has 1 unspecified atom stereocenters. The van der Waals surface area contributed by atoms with Crippen LogP contribution in [0.25, 0.3) is 0 Å². The molecule has 1 aromatic rings. The Bertz CT molecular complexity index is 755. The van der Waals surface area contributed by atoms with Crippen molar-refractivity contribution in [3.05, 3.63) is 11.4 Å². The molecule has 2 rings (SSSR count). The molecule has 1 aliphatic rings. The summed E-state index contributed by atoms with van der Waals surface area (Å²) in [5.74, 6) is -0.616. The molecule has 0 saturated heterocycles. The van der Waals surface area contributed by atoms with Crippen molar-refractivity contribution < 1.29 is 39.8 Å². The zero-order chi connectivity index (χ0) is 24.0. The molecule has 0 spiro atoms. The van der Waals surface area contributed by atoms with Gasteiger partial charge in [0.1, 0.15) is 5.69 Å². The van der Waals surface area contributed by atoms with Gasteiger partial charge in [0.15, 0.2) is 5.78 Å². The summed E-state index contributed by atoms with van der Waals surface area (Å²) in [5.41, 5.74) is -1.31. The van der Waals surface area contributed by atoms with Gasteiger partial charge in [0.2, 0.25) is 17.5 Å². The van der Waals surface area contributed by atoms with Gasteiger partial charge in [-0.05, 0) is 44.9 Å². The number of unbranched alkanes of at least 4 members (excludes halogenated alkanes) is 1. The molecule has 8 nitrogen and oxygen atoms in total. The normalized spacial score (nSPS) is 18.5. The zero-order valence-electron chi connectivity index (χ0n) is 19.3. The van der Waals surface area contributed by atoms with Crippen molar-refractivity contribution in [2.24, 2.45) is 0 Å². The molecule has 1 aromatic heterocycles. The maximum absolute atomic E-state index is 16.0. The number of thiol groups is 1. The molecule has 0 saturated carbocycles. The van der Waals surface area contributed by atoms with Gasteiger partial charge in [0.25, 0.3) is 0 Å². The van der Waals surface area contributed by atoms with E-state index >= 15 is 4.39 Å². The second-order valence-corrected chi connectivity index (χ2v) is 7.55. The van der Waals surface area contributed by atoms with E-state index in [1.807, 2.05) is 0 Å². The molecule has 1 atom stereocenters. The van der Waals surface area contributed by atoms with Gasteiger partial charge in [-0.15, -0.1) is 5.10 Å². The Balaban J connectivity index is 0.00000161. The van der Waals surface area contributed by atoms with Gasteiger partial charge in [-0.1, -0.05) is 11.6 Å². The molecule has 11 heteroatoms. The number of aryl methyl sites for hydroxylation is 1. The molecule has 0 aromatic carbocycles. The fourth-order valence-electron chi connectivity index (χ4n) is 3.70. The summed E-state index contributed by atoms with van der Waals surface area (Å²) in [6.45, 7) is 0.464. The van der Waals surface area contributed by atoms with Gasteiger partial charge in [0.05, 0.1) is 5.69 Å². The second kappa shape index (κ2) is 14.8. The van der Waals surface area contributed by atoms with E-state index in [4.69, 9.17) is 0.594 Å². The number of carbonyl (C=O) groups excluding carboxylic acids is 3. The Kier molecular flexibility index (Phi) is 12.4.